The fourth-order valence-electron chi connectivity index (χ4n) is 2.01. The molecule has 6 nitrogen and oxygen atoms in total. The van der Waals surface area contributed by atoms with Crippen LogP contribution in [0.25, 0.3) is 0 Å². The van der Waals surface area contributed by atoms with Crippen LogP contribution in [0, 0.1) is 0 Å². The van der Waals surface area contributed by atoms with E-state index < -0.39 is 0 Å². The van der Waals surface area contributed by atoms with Gasteiger partial charge in [-0.3, -0.25) is 0 Å². The van der Waals surface area contributed by atoms with Crippen molar-refractivity contribution in [2.24, 2.45) is 5.10 Å². The van der Waals surface area contributed by atoms with E-state index in [-0.39, 0.29) is 0 Å². The zero-order valence-corrected chi connectivity index (χ0v) is 13.7. The minimum atomic E-state index is 0.432. The number of aromatic nitrogens is 3. The highest BCUT2D eigenvalue weighted by Crippen LogP contribution is 2.28. The van der Waals surface area contributed by atoms with Gasteiger partial charge in [0.05, 0.1) is 13.3 Å². The number of benzene rings is 2. The first-order valence-corrected chi connectivity index (χ1v) is 7.56. The summed E-state index contributed by atoms with van der Waals surface area (Å²) in [4.78, 5) is 0. The van der Waals surface area contributed by atoms with E-state index in [0.29, 0.717) is 23.1 Å². The first kappa shape index (κ1) is 16.0. The van der Waals surface area contributed by atoms with E-state index in [4.69, 9.17) is 21.1 Å². The summed E-state index contributed by atoms with van der Waals surface area (Å²) in [7, 11) is 1.60. The lowest BCUT2D eigenvalue weighted by Gasteiger charge is -2.11. The Bertz CT molecular complexity index is 817. The standard InChI is InChI=1S/C17H15ClN4O2/c1-23-17-8-14(9-21-22-11-19-20-12-22)4-7-16(17)24-10-13-2-5-15(18)6-3-13/h2-9,11-12H,10H2,1H3/b21-9-. The molecule has 0 aliphatic heterocycles. The van der Waals surface area contributed by atoms with Gasteiger partial charge in [0.1, 0.15) is 19.3 Å². The van der Waals surface area contributed by atoms with Crippen molar-refractivity contribution in [1.82, 2.24) is 14.9 Å². The Morgan fingerprint density at radius 2 is 1.83 bits per heavy atom. The topological polar surface area (TPSA) is 61.5 Å². The van der Waals surface area contributed by atoms with E-state index >= 15 is 0 Å². The highest BCUT2D eigenvalue weighted by molar-refractivity contribution is 6.30. The quantitative estimate of drug-likeness (QED) is 0.644. The smallest absolute Gasteiger partial charge is 0.161 e. The highest BCUT2D eigenvalue weighted by atomic mass is 35.5. The monoisotopic (exact) mass is 342 g/mol. The minimum Gasteiger partial charge on any atom is -0.493 e. The Labute approximate surface area is 144 Å². The van der Waals surface area contributed by atoms with Crippen LogP contribution in [-0.4, -0.2) is 28.2 Å². The number of rotatable bonds is 6. The molecule has 0 bridgehead atoms. The summed E-state index contributed by atoms with van der Waals surface area (Å²) in [5.74, 6) is 1.30. The van der Waals surface area contributed by atoms with Crippen molar-refractivity contribution >= 4 is 17.8 Å². The van der Waals surface area contributed by atoms with Crippen LogP contribution in [0.2, 0.25) is 5.02 Å². The predicted octanol–water partition coefficient (Wildman–Crippen LogP) is 3.40. The van der Waals surface area contributed by atoms with E-state index in [0.717, 1.165) is 11.1 Å². The number of methoxy groups -OCH3 is 1. The molecule has 0 unspecified atom stereocenters. The van der Waals surface area contributed by atoms with Crippen LogP contribution in [0.3, 0.4) is 0 Å². The van der Waals surface area contributed by atoms with Crippen molar-refractivity contribution in [2.45, 2.75) is 6.61 Å². The van der Waals surface area contributed by atoms with Crippen molar-refractivity contribution in [3.05, 3.63) is 71.3 Å². The third kappa shape index (κ3) is 4.11. The number of hydrogen-bond acceptors (Lipinski definition) is 5. The van der Waals surface area contributed by atoms with Gasteiger partial charge in [0.25, 0.3) is 0 Å². The summed E-state index contributed by atoms with van der Waals surface area (Å²) in [6.45, 7) is 0.432. The lowest BCUT2D eigenvalue weighted by molar-refractivity contribution is 0.284. The molecule has 7 heteroatoms. The van der Waals surface area contributed by atoms with Crippen LogP contribution in [0.5, 0.6) is 11.5 Å². The predicted molar refractivity (Wildman–Crippen MR) is 91.8 cm³/mol. The van der Waals surface area contributed by atoms with Gasteiger partial charge in [-0.05, 0) is 41.5 Å². The van der Waals surface area contributed by atoms with E-state index in [2.05, 4.69) is 15.3 Å². The second kappa shape index (κ2) is 7.61. The summed E-state index contributed by atoms with van der Waals surface area (Å²) in [5, 5.41) is 12.3. The Hall–Kier alpha value is -2.86. The zero-order chi connectivity index (χ0) is 16.8. The fourth-order valence-corrected chi connectivity index (χ4v) is 2.14. The minimum absolute atomic E-state index is 0.432. The molecule has 0 radical (unpaired) electrons. The summed E-state index contributed by atoms with van der Waals surface area (Å²) in [5.41, 5.74) is 1.90. The van der Waals surface area contributed by atoms with Crippen LogP contribution >= 0.6 is 11.6 Å². The van der Waals surface area contributed by atoms with Gasteiger partial charge in [-0.15, -0.1) is 10.2 Å². The van der Waals surface area contributed by atoms with E-state index in [1.807, 2.05) is 42.5 Å². The van der Waals surface area contributed by atoms with Crippen molar-refractivity contribution < 1.29 is 9.47 Å². The number of ether oxygens (including phenoxy) is 2. The average Bonchev–Trinajstić information content (AvgIpc) is 3.13. The molecule has 3 rings (SSSR count). The largest absolute Gasteiger partial charge is 0.493 e. The van der Waals surface area contributed by atoms with Crippen molar-refractivity contribution in [2.75, 3.05) is 7.11 Å². The van der Waals surface area contributed by atoms with Crippen molar-refractivity contribution in [3.63, 3.8) is 0 Å². The van der Waals surface area contributed by atoms with Crippen molar-refractivity contribution in [3.8, 4) is 11.5 Å². The molecule has 0 amide bonds. The van der Waals surface area contributed by atoms with Crippen LogP contribution in [-0.2, 0) is 6.61 Å². The number of hydrogen-bond donors (Lipinski definition) is 0. The molecule has 24 heavy (non-hydrogen) atoms. The molecular formula is C17H15ClN4O2. The zero-order valence-electron chi connectivity index (χ0n) is 13.0. The normalized spacial score (nSPS) is 10.9. The summed E-state index contributed by atoms with van der Waals surface area (Å²) >= 11 is 5.88. The van der Waals surface area contributed by atoms with Gasteiger partial charge < -0.3 is 9.47 Å². The second-order valence-corrected chi connectivity index (χ2v) is 5.35. The lowest BCUT2D eigenvalue weighted by atomic mass is 10.2. The van der Waals surface area contributed by atoms with Gasteiger partial charge >= 0.3 is 0 Å². The van der Waals surface area contributed by atoms with E-state index in [1.165, 1.54) is 17.3 Å². The van der Waals surface area contributed by atoms with E-state index in [9.17, 15) is 0 Å². The Morgan fingerprint density at radius 3 is 2.54 bits per heavy atom. The van der Waals surface area contributed by atoms with Gasteiger partial charge in [-0.2, -0.15) is 5.10 Å². The lowest BCUT2D eigenvalue weighted by Crippen LogP contribution is -1.98. The molecule has 2 aromatic carbocycles. The SMILES string of the molecule is COc1cc(/C=N\n2cnnc2)ccc1OCc1ccc(Cl)cc1. The Kier molecular flexibility index (Phi) is 5.08. The molecule has 1 heterocycles. The molecule has 0 fully saturated rings. The molecule has 0 saturated carbocycles. The number of nitrogens with zero attached hydrogens (tertiary/aromatic N) is 4. The maximum atomic E-state index is 5.88. The first-order chi connectivity index (χ1) is 11.7. The van der Waals surface area contributed by atoms with Gasteiger partial charge in [0, 0.05) is 5.02 Å². The molecule has 122 valence electrons. The molecule has 0 spiro atoms. The van der Waals surface area contributed by atoms with Crippen LogP contribution in [0.1, 0.15) is 11.1 Å². The third-order valence-corrected chi connectivity index (χ3v) is 3.49. The first-order valence-electron chi connectivity index (χ1n) is 7.19. The van der Waals surface area contributed by atoms with Crippen molar-refractivity contribution in [1.29, 1.82) is 0 Å². The van der Waals surface area contributed by atoms with Gasteiger partial charge in [0.15, 0.2) is 11.5 Å². The summed E-state index contributed by atoms with van der Waals surface area (Å²) in [6, 6.07) is 13.1. The summed E-state index contributed by atoms with van der Waals surface area (Å²) in [6.07, 6.45) is 4.71. The summed E-state index contributed by atoms with van der Waals surface area (Å²) < 4.78 is 12.7. The molecule has 0 aliphatic carbocycles. The van der Waals surface area contributed by atoms with Gasteiger partial charge in [-0.1, -0.05) is 23.7 Å². The maximum Gasteiger partial charge on any atom is 0.161 e. The molecule has 1 aromatic heterocycles. The maximum absolute atomic E-state index is 5.88. The Balaban J connectivity index is 1.70. The highest BCUT2D eigenvalue weighted by Gasteiger charge is 2.06. The van der Waals surface area contributed by atoms with Gasteiger partial charge in [0.2, 0.25) is 0 Å². The van der Waals surface area contributed by atoms with E-state index in [1.54, 1.807) is 13.3 Å². The fraction of sp³-hybridized carbons (Fsp3) is 0.118. The molecule has 0 atom stereocenters. The second-order valence-electron chi connectivity index (χ2n) is 4.91. The number of halogens is 1. The van der Waals surface area contributed by atoms with Gasteiger partial charge in [-0.25, -0.2) is 4.68 Å². The Morgan fingerprint density at radius 1 is 1.08 bits per heavy atom. The van der Waals surface area contributed by atoms with Crippen LogP contribution < -0.4 is 9.47 Å². The molecule has 0 aliphatic rings. The molecule has 3 aromatic rings. The molecular weight excluding hydrogens is 328 g/mol. The van der Waals surface area contributed by atoms with Crippen LogP contribution in [0.15, 0.2) is 60.2 Å². The average molecular weight is 343 g/mol. The molecule has 0 N–H and O–H groups in total. The molecule has 0 saturated heterocycles. The third-order valence-electron chi connectivity index (χ3n) is 3.24. The van der Waals surface area contributed by atoms with Crippen LogP contribution in [0.4, 0.5) is 0 Å².